The van der Waals surface area contributed by atoms with E-state index in [-0.39, 0.29) is 11.3 Å². The van der Waals surface area contributed by atoms with E-state index in [1.54, 1.807) is 11.6 Å². The summed E-state index contributed by atoms with van der Waals surface area (Å²) in [7, 11) is -3.49. The molecule has 1 aliphatic carbocycles. The lowest BCUT2D eigenvalue weighted by Gasteiger charge is -2.23. The highest BCUT2D eigenvalue weighted by Crippen LogP contribution is 2.26. The van der Waals surface area contributed by atoms with Crippen LogP contribution in [0.15, 0.2) is 66.2 Å². The maximum atomic E-state index is 12.8. The molecule has 1 atom stereocenters. The summed E-state index contributed by atoms with van der Waals surface area (Å²) < 4.78 is 25.6. The van der Waals surface area contributed by atoms with Crippen molar-refractivity contribution in [3.05, 3.63) is 71.8 Å². The maximum Gasteiger partial charge on any atom is 0.271 e. The molecule has 0 fully saturated rings. The second kappa shape index (κ2) is 8.50. The lowest BCUT2D eigenvalue weighted by molar-refractivity contribution is -0.125. The average molecular weight is 385 g/mol. The molecule has 1 aliphatic rings. The zero-order chi connectivity index (χ0) is 19.3. The van der Waals surface area contributed by atoms with Gasteiger partial charge in [0, 0.05) is 5.57 Å². The molecule has 2 N–H and O–H groups in total. The van der Waals surface area contributed by atoms with E-state index in [9.17, 15) is 13.2 Å². The fourth-order valence-corrected chi connectivity index (χ4v) is 5.34. The van der Waals surface area contributed by atoms with Crippen LogP contribution in [-0.4, -0.2) is 30.5 Å². The Morgan fingerprint density at radius 3 is 2.37 bits per heavy atom. The molecular weight excluding hydrogens is 362 g/mol. The molecule has 1 amide bonds. The van der Waals surface area contributed by atoms with Crippen molar-refractivity contribution < 1.29 is 18.4 Å². The summed E-state index contributed by atoms with van der Waals surface area (Å²) in [6.07, 6.45) is 3.79. The predicted octanol–water partition coefficient (Wildman–Crippen LogP) is 3.30. The lowest BCUT2D eigenvalue weighted by atomic mass is 9.98. The van der Waals surface area contributed by atoms with Crippen molar-refractivity contribution in [1.29, 1.82) is 0 Å². The number of carbonyl (C=O) groups is 1. The molecule has 0 aliphatic heterocycles. The number of carbonyl (C=O) groups excluding carboxylic acids is 1. The molecule has 0 bridgehead atoms. The Morgan fingerprint density at radius 2 is 1.70 bits per heavy atom. The summed E-state index contributed by atoms with van der Waals surface area (Å²) in [6.45, 7) is 0. The molecule has 0 saturated heterocycles. The fraction of sp³-hybridized carbons (Fsp3) is 0.286. The molecule has 142 valence electrons. The van der Waals surface area contributed by atoms with E-state index in [0.717, 1.165) is 23.1 Å². The molecule has 0 heterocycles. The highest BCUT2D eigenvalue weighted by molar-refractivity contribution is 7.92. The first-order valence-electron chi connectivity index (χ1n) is 9.01. The van der Waals surface area contributed by atoms with Gasteiger partial charge >= 0.3 is 0 Å². The zero-order valence-electron chi connectivity index (χ0n) is 15.0. The Balaban J connectivity index is 1.69. The van der Waals surface area contributed by atoms with Gasteiger partial charge in [-0.2, -0.15) is 0 Å². The minimum atomic E-state index is -3.49. The van der Waals surface area contributed by atoms with E-state index in [1.807, 2.05) is 54.6 Å². The number of benzene rings is 2. The van der Waals surface area contributed by atoms with E-state index in [4.69, 9.17) is 5.21 Å². The summed E-state index contributed by atoms with van der Waals surface area (Å²) in [4.78, 5) is 11.8. The molecule has 0 aromatic heterocycles. The first-order valence-corrected chi connectivity index (χ1v) is 10.7. The van der Waals surface area contributed by atoms with Gasteiger partial charge in [0.25, 0.3) is 5.91 Å². The third-order valence-corrected chi connectivity index (χ3v) is 7.04. The van der Waals surface area contributed by atoms with Gasteiger partial charge < -0.3 is 0 Å². The van der Waals surface area contributed by atoms with Gasteiger partial charge in [-0.15, -0.1) is 0 Å². The van der Waals surface area contributed by atoms with Gasteiger partial charge in [-0.1, -0.05) is 60.7 Å². The van der Waals surface area contributed by atoms with Crippen molar-refractivity contribution in [3.63, 3.8) is 0 Å². The van der Waals surface area contributed by atoms with E-state index in [2.05, 4.69) is 0 Å². The highest BCUT2D eigenvalue weighted by Gasteiger charge is 2.33. The van der Waals surface area contributed by atoms with Crippen LogP contribution in [0.3, 0.4) is 0 Å². The second-order valence-electron chi connectivity index (χ2n) is 6.70. The Morgan fingerprint density at radius 1 is 1.04 bits per heavy atom. The molecule has 27 heavy (non-hydrogen) atoms. The quantitative estimate of drug-likeness (QED) is 0.590. The van der Waals surface area contributed by atoms with Crippen LogP contribution in [0.5, 0.6) is 0 Å². The van der Waals surface area contributed by atoms with Crippen LogP contribution in [0.25, 0.3) is 11.1 Å². The number of hydroxylamine groups is 1. The first kappa shape index (κ1) is 19.3. The molecule has 0 spiro atoms. The minimum absolute atomic E-state index is 0.0294. The van der Waals surface area contributed by atoms with Gasteiger partial charge in [0.1, 0.15) is 0 Å². The largest absolute Gasteiger partial charge is 0.288 e. The lowest BCUT2D eigenvalue weighted by Crippen LogP contribution is -2.36. The predicted molar refractivity (Wildman–Crippen MR) is 105 cm³/mol. The third-order valence-electron chi connectivity index (χ3n) is 4.92. The smallest absolute Gasteiger partial charge is 0.271 e. The molecular formula is C21H23NO4S. The molecule has 3 rings (SSSR count). The van der Waals surface area contributed by atoms with Crippen molar-refractivity contribution in [2.45, 2.75) is 30.9 Å². The third kappa shape index (κ3) is 4.64. The normalized spacial score (nSPS) is 17.2. The van der Waals surface area contributed by atoms with Crippen LogP contribution >= 0.6 is 0 Å². The van der Waals surface area contributed by atoms with E-state index in [0.29, 0.717) is 19.3 Å². The molecule has 5 nitrogen and oxygen atoms in total. The number of nitrogens with one attached hydrogen (secondary N) is 1. The Kier molecular flexibility index (Phi) is 6.08. The van der Waals surface area contributed by atoms with E-state index in [1.165, 1.54) is 0 Å². The summed E-state index contributed by atoms with van der Waals surface area (Å²) in [5.74, 6) is -0.756. The molecule has 2 aromatic carbocycles. The van der Waals surface area contributed by atoms with Gasteiger partial charge in [-0.25, -0.2) is 13.9 Å². The van der Waals surface area contributed by atoms with E-state index >= 15 is 0 Å². The average Bonchev–Trinajstić information content (AvgIpc) is 2.73. The number of sulfone groups is 1. The van der Waals surface area contributed by atoms with Crippen molar-refractivity contribution in [3.8, 4) is 11.1 Å². The van der Waals surface area contributed by atoms with Gasteiger partial charge in [0.2, 0.25) is 0 Å². The standard InChI is InChI=1S/C21H23NO4S/c23-21(22-24)19-8-4-5-9-20(19)27(25,26)15-14-16-10-12-18(13-11-16)17-6-2-1-3-7-17/h1-3,6-8,10-13,20,24H,4-5,9,14-15H2,(H,22,23). The Hall–Kier alpha value is -2.44. The maximum absolute atomic E-state index is 12.8. The summed E-state index contributed by atoms with van der Waals surface area (Å²) >= 11 is 0. The van der Waals surface area contributed by atoms with Crippen LogP contribution in [0.4, 0.5) is 0 Å². The number of rotatable bonds is 6. The summed E-state index contributed by atoms with van der Waals surface area (Å²) in [5.41, 5.74) is 4.85. The number of hydrogen-bond donors (Lipinski definition) is 2. The van der Waals surface area contributed by atoms with Gasteiger partial charge in [-0.05, 0) is 42.4 Å². The second-order valence-corrected chi connectivity index (χ2v) is 9.00. The molecule has 1 unspecified atom stereocenters. The van der Waals surface area contributed by atoms with Crippen molar-refractivity contribution in [2.75, 3.05) is 5.75 Å². The van der Waals surface area contributed by atoms with Gasteiger partial charge in [0.15, 0.2) is 9.84 Å². The van der Waals surface area contributed by atoms with Gasteiger partial charge in [-0.3, -0.25) is 10.0 Å². The highest BCUT2D eigenvalue weighted by atomic mass is 32.2. The summed E-state index contributed by atoms with van der Waals surface area (Å²) in [6, 6.07) is 17.8. The first-order chi connectivity index (χ1) is 13.0. The molecule has 0 saturated carbocycles. The SMILES string of the molecule is O=C(NO)C1=CCCCC1S(=O)(=O)CCc1ccc(-c2ccccc2)cc1. The molecule has 6 heteroatoms. The number of hydrogen-bond acceptors (Lipinski definition) is 4. The van der Waals surface area contributed by atoms with Crippen LogP contribution in [0, 0.1) is 0 Å². The monoisotopic (exact) mass is 385 g/mol. The van der Waals surface area contributed by atoms with Gasteiger partial charge in [0.05, 0.1) is 11.0 Å². The van der Waals surface area contributed by atoms with Crippen LogP contribution in [0.1, 0.15) is 24.8 Å². The van der Waals surface area contributed by atoms with Crippen molar-refractivity contribution in [1.82, 2.24) is 5.48 Å². The van der Waals surface area contributed by atoms with Crippen LogP contribution in [-0.2, 0) is 21.1 Å². The minimum Gasteiger partial charge on any atom is -0.288 e. The van der Waals surface area contributed by atoms with Crippen molar-refractivity contribution >= 4 is 15.7 Å². The number of allylic oxidation sites excluding steroid dienone is 1. The Bertz CT molecular complexity index is 918. The molecule has 0 radical (unpaired) electrons. The summed E-state index contributed by atoms with van der Waals surface area (Å²) in [5, 5.41) is 8.02. The van der Waals surface area contributed by atoms with Crippen LogP contribution in [0.2, 0.25) is 0 Å². The zero-order valence-corrected chi connectivity index (χ0v) is 15.8. The van der Waals surface area contributed by atoms with Crippen molar-refractivity contribution in [2.24, 2.45) is 0 Å². The van der Waals surface area contributed by atoms with Crippen LogP contribution < -0.4 is 5.48 Å². The molecule has 2 aromatic rings. The topological polar surface area (TPSA) is 83.5 Å². The fourth-order valence-electron chi connectivity index (χ4n) is 3.42. The number of amides is 1. The number of aryl methyl sites for hydroxylation is 1. The Labute approximate surface area is 159 Å². The van der Waals surface area contributed by atoms with E-state index < -0.39 is 21.0 Å².